The molecule has 1 aliphatic heterocycles. The summed E-state index contributed by atoms with van der Waals surface area (Å²) in [4.78, 5) is 14.4. The molecule has 1 aromatic heterocycles. The van der Waals surface area contributed by atoms with Gasteiger partial charge in [-0.2, -0.15) is 0 Å². The van der Waals surface area contributed by atoms with E-state index in [2.05, 4.69) is 32.6 Å². The highest BCUT2D eigenvalue weighted by Gasteiger charge is 2.38. The van der Waals surface area contributed by atoms with Crippen LogP contribution >= 0.6 is 0 Å². The van der Waals surface area contributed by atoms with Crippen molar-refractivity contribution in [3.8, 4) is 0 Å². The molecule has 0 radical (unpaired) electrons. The van der Waals surface area contributed by atoms with Gasteiger partial charge in [0.25, 0.3) is 0 Å². The zero-order valence-corrected chi connectivity index (χ0v) is 12.6. The van der Waals surface area contributed by atoms with Crippen molar-refractivity contribution in [2.45, 2.75) is 38.9 Å². The average molecular weight is 264 g/mol. The number of rotatable bonds is 3. The highest BCUT2D eigenvalue weighted by Crippen LogP contribution is 2.28. The lowest BCUT2D eigenvalue weighted by Crippen LogP contribution is -2.58. The third kappa shape index (κ3) is 3.67. The third-order valence-corrected chi connectivity index (χ3v) is 3.28. The van der Waals surface area contributed by atoms with Crippen molar-refractivity contribution in [2.24, 2.45) is 7.05 Å². The summed E-state index contributed by atoms with van der Waals surface area (Å²) in [7, 11) is 1.93. The number of Topliss-reactive ketones (excluding diaryl/α,β-unsaturated/α-hetero) is 1. The molecule has 1 saturated heterocycles. The summed E-state index contributed by atoms with van der Waals surface area (Å²) in [6, 6.07) is 1.87. The second-order valence-electron chi connectivity index (χ2n) is 6.76. The van der Waals surface area contributed by atoms with Crippen LogP contribution in [0.1, 0.15) is 38.1 Å². The Morgan fingerprint density at radius 2 is 1.84 bits per heavy atom. The molecule has 0 spiro atoms. The van der Waals surface area contributed by atoms with Crippen molar-refractivity contribution in [1.29, 1.82) is 0 Å². The van der Waals surface area contributed by atoms with Crippen molar-refractivity contribution in [1.82, 2.24) is 9.47 Å². The zero-order valence-electron chi connectivity index (χ0n) is 12.6. The molecule has 1 aromatic rings. The van der Waals surface area contributed by atoms with Crippen LogP contribution in [-0.4, -0.2) is 46.1 Å². The predicted molar refractivity (Wildman–Crippen MR) is 75.4 cm³/mol. The normalized spacial score (nSPS) is 22.4. The number of aromatic nitrogens is 1. The molecule has 106 valence electrons. The Hall–Kier alpha value is -1.13. The molecule has 0 atom stereocenters. The van der Waals surface area contributed by atoms with E-state index in [-0.39, 0.29) is 17.0 Å². The fourth-order valence-corrected chi connectivity index (χ4v) is 3.02. The zero-order chi connectivity index (χ0) is 14.3. The lowest BCUT2D eigenvalue weighted by atomic mass is 9.98. The third-order valence-electron chi connectivity index (χ3n) is 3.28. The predicted octanol–water partition coefficient (Wildman–Crippen LogP) is 2.10. The van der Waals surface area contributed by atoms with E-state index in [0.29, 0.717) is 6.54 Å². The SMILES string of the molecule is Cn1ccc(C(=O)CN2CC(C)(C)OC(C)(C)C2)c1. The molecule has 19 heavy (non-hydrogen) atoms. The minimum Gasteiger partial charge on any atom is -0.367 e. The van der Waals surface area contributed by atoms with Crippen LogP contribution in [-0.2, 0) is 11.8 Å². The number of hydrogen-bond acceptors (Lipinski definition) is 3. The first-order valence-electron chi connectivity index (χ1n) is 6.75. The average Bonchev–Trinajstić information content (AvgIpc) is 2.59. The van der Waals surface area contributed by atoms with Gasteiger partial charge in [-0.05, 0) is 33.8 Å². The quantitative estimate of drug-likeness (QED) is 0.784. The molecule has 2 heterocycles. The molecule has 0 amide bonds. The summed E-state index contributed by atoms with van der Waals surface area (Å²) < 4.78 is 7.93. The molecule has 0 bridgehead atoms. The molecule has 1 fully saturated rings. The Balaban J connectivity index is 2.04. The first-order chi connectivity index (χ1) is 8.67. The lowest BCUT2D eigenvalue weighted by molar-refractivity contribution is -0.178. The standard InChI is InChI=1S/C15H24N2O2/c1-14(2)10-17(11-15(3,4)19-14)9-13(18)12-6-7-16(5)8-12/h6-8H,9-11H2,1-5H3. The van der Waals surface area contributed by atoms with E-state index >= 15 is 0 Å². The van der Waals surface area contributed by atoms with Crippen molar-refractivity contribution in [2.75, 3.05) is 19.6 Å². The number of morpholine rings is 1. The van der Waals surface area contributed by atoms with Crippen LogP contribution in [0.3, 0.4) is 0 Å². The summed E-state index contributed by atoms with van der Waals surface area (Å²) in [6.07, 6.45) is 3.78. The molecule has 1 aliphatic rings. The Morgan fingerprint density at radius 3 is 2.32 bits per heavy atom. The number of ketones is 1. The van der Waals surface area contributed by atoms with Gasteiger partial charge in [0.05, 0.1) is 17.7 Å². The van der Waals surface area contributed by atoms with Crippen molar-refractivity contribution in [3.05, 3.63) is 24.0 Å². The van der Waals surface area contributed by atoms with Crippen LogP contribution in [0.2, 0.25) is 0 Å². The minimum atomic E-state index is -0.210. The number of aryl methyl sites for hydroxylation is 1. The molecule has 4 heteroatoms. The Kier molecular flexibility index (Phi) is 3.58. The van der Waals surface area contributed by atoms with Crippen LogP contribution in [0, 0.1) is 0 Å². The van der Waals surface area contributed by atoms with Gasteiger partial charge in [-0.1, -0.05) is 0 Å². The van der Waals surface area contributed by atoms with Gasteiger partial charge < -0.3 is 9.30 Å². The lowest BCUT2D eigenvalue weighted by Gasteiger charge is -2.47. The van der Waals surface area contributed by atoms with Gasteiger partial charge in [0.1, 0.15) is 0 Å². The maximum Gasteiger partial charge on any atom is 0.178 e. The summed E-state index contributed by atoms with van der Waals surface area (Å²) in [5.41, 5.74) is 0.363. The van der Waals surface area contributed by atoms with Gasteiger partial charge in [0, 0.05) is 38.1 Å². The van der Waals surface area contributed by atoms with Gasteiger partial charge in [0.15, 0.2) is 5.78 Å². The Labute approximate surface area is 115 Å². The van der Waals surface area contributed by atoms with Gasteiger partial charge in [0.2, 0.25) is 0 Å². The van der Waals surface area contributed by atoms with E-state index in [1.54, 1.807) is 0 Å². The van der Waals surface area contributed by atoms with Gasteiger partial charge in [-0.15, -0.1) is 0 Å². The number of carbonyl (C=O) groups is 1. The monoisotopic (exact) mass is 264 g/mol. The number of carbonyl (C=O) groups excluding carboxylic acids is 1. The highest BCUT2D eigenvalue weighted by atomic mass is 16.5. The van der Waals surface area contributed by atoms with Gasteiger partial charge in [-0.3, -0.25) is 9.69 Å². The largest absolute Gasteiger partial charge is 0.367 e. The topological polar surface area (TPSA) is 34.5 Å². The maximum atomic E-state index is 12.3. The number of nitrogens with zero attached hydrogens (tertiary/aromatic N) is 2. The molecule has 0 aliphatic carbocycles. The first-order valence-corrected chi connectivity index (χ1v) is 6.75. The molecule has 4 nitrogen and oxygen atoms in total. The van der Waals surface area contributed by atoms with Gasteiger partial charge in [-0.25, -0.2) is 0 Å². The number of ether oxygens (including phenoxy) is 1. The molecule has 0 N–H and O–H groups in total. The van der Waals surface area contributed by atoms with Crippen LogP contribution < -0.4 is 0 Å². The van der Waals surface area contributed by atoms with Crippen molar-refractivity contribution < 1.29 is 9.53 Å². The van der Waals surface area contributed by atoms with Crippen molar-refractivity contribution in [3.63, 3.8) is 0 Å². The summed E-state index contributed by atoms with van der Waals surface area (Å²) >= 11 is 0. The number of hydrogen-bond donors (Lipinski definition) is 0. The molecular weight excluding hydrogens is 240 g/mol. The van der Waals surface area contributed by atoms with Crippen LogP contribution in [0.5, 0.6) is 0 Å². The van der Waals surface area contributed by atoms with Crippen molar-refractivity contribution >= 4 is 5.78 Å². The highest BCUT2D eigenvalue weighted by molar-refractivity contribution is 5.97. The Bertz CT molecular complexity index is 458. The first kappa shape index (κ1) is 14.3. The fourth-order valence-electron chi connectivity index (χ4n) is 3.02. The molecular formula is C15H24N2O2. The summed E-state index contributed by atoms with van der Waals surface area (Å²) in [5.74, 6) is 0.175. The second kappa shape index (κ2) is 4.76. The molecule has 2 rings (SSSR count). The summed E-state index contributed by atoms with van der Waals surface area (Å²) in [5, 5.41) is 0. The van der Waals surface area contributed by atoms with E-state index in [9.17, 15) is 4.79 Å². The van der Waals surface area contributed by atoms with E-state index in [1.165, 1.54) is 0 Å². The molecule has 0 aromatic carbocycles. The molecule has 0 unspecified atom stereocenters. The van der Waals surface area contributed by atoms with Crippen LogP contribution in [0.25, 0.3) is 0 Å². The van der Waals surface area contributed by atoms with Crippen LogP contribution in [0.15, 0.2) is 18.5 Å². The van der Waals surface area contributed by atoms with E-state index in [1.807, 2.05) is 30.1 Å². The minimum absolute atomic E-state index is 0.175. The van der Waals surface area contributed by atoms with Gasteiger partial charge >= 0.3 is 0 Å². The summed E-state index contributed by atoms with van der Waals surface area (Å²) in [6.45, 7) is 10.3. The van der Waals surface area contributed by atoms with Crippen LogP contribution in [0.4, 0.5) is 0 Å². The molecule has 0 saturated carbocycles. The van der Waals surface area contributed by atoms with E-state index < -0.39 is 0 Å². The maximum absolute atomic E-state index is 12.3. The van der Waals surface area contributed by atoms with E-state index in [4.69, 9.17) is 4.74 Å². The Morgan fingerprint density at radius 1 is 1.26 bits per heavy atom. The smallest absolute Gasteiger partial charge is 0.178 e. The van der Waals surface area contributed by atoms with E-state index in [0.717, 1.165) is 18.7 Å². The second-order valence-corrected chi connectivity index (χ2v) is 6.76. The fraction of sp³-hybridized carbons (Fsp3) is 0.667.